The van der Waals surface area contributed by atoms with E-state index in [0.29, 0.717) is 0 Å². The fourth-order valence-corrected chi connectivity index (χ4v) is 6.75. The topological polar surface area (TPSA) is 384 Å². The van der Waals surface area contributed by atoms with Crippen LogP contribution in [0.1, 0.15) is 13.8 Å². The number of aliphatic hydroxyl groups is 12. The third kappa shape index (κ3) is 11.7. The van der Waals surface area contributed by atoms with Crippen LogP contribution in [0.5, 0.6) is 0 Å². The monoisotopic (exact) mass is 836 g/mol. The van der Waals surface area contributed by atoms with Crippen LogP contribution in [0.15, 0.2) is 0 Å². The molecule has 2 amide bonds. The summed E-state index contributed by atoms with van der Waals surface area (Å²) in [7, 11) is 0. The third-order valence-corrected chi connectivity index (χ3v) is 9.74. The average molecular weight is 837 g/mol. The van der Waals surface area contributed by atoms with E-state index in [4.69, 9.17) is 42.6 Å². The Labute approximate surface area is 325 Å². The van der Waals surface area contributed by atoms with Crippen LogP contribution in [-0.2, 0) is 52.2 Å². The van der Waals surface area contributed by atoms with E-state index in [1.165, 1.54) is 0 Å². The normalized spacial score (nSPS) is 44.0. The molecule has 25 nitrogen and oxygen atoms in total. The number of carbonyl (C=O) groups is 2. The number of aliphatic hydroxyl groups excluding tert-OH is 12. The number of nitrogens with one attached hydrogen (secondary N) is 2. The van der Waals surface area contributed by atoms with Gasteiger partial charge in [-0.25, -0.2) is 0 Å². The van der Waals surface area contributed by atoms with Gasteiger partial charge in [-0.3, -0.25) is 9.59 Å². The van der Waals surface area contributed by atoms with Crippen molar-refractivity contribution in [1.29, 1.82) is 0 Å². The summed E-state index contributed by atoms with van der Waals surface area (Å²) in [6.07, 6.45) is -28.3. The predicted octanol–water partition coefficient (Wildman–Crippen LogP) is -9.43. The maximum Gasteiger partial charge on any atom is 0.217 e. The summed E-state index contributed by atoms with van der Waals surface area (Å²) >= 11 is 0. The van der Waals surface area contributed by atoms with E-state index in [2.05, 4.69) is 10.6 Å². The number of hydrogen-bond acceptors (Lipinski definition) is 23. The molecule has 14 N–H and O–H groups in total. The number of carbonyl (C=O) groups excluding carboxylic acids is 2. The lowest BCUT2D eigenvalue weighted by Gasteiger charge is -2.47. The zero-order valence-electron chi connectivity index (χ0n) is 31.1. The van der Waals surface area contributed by atoms with Crippen molar-refractivity contribution in [1.82, 2.24) is 10.6 Å². The first-order valence-corrected chi connectivity index (χ1v) is 18.2. The summed E-state index contributed by atoms with van der Waals surface area (Å²) in [5.74, 6) is -1.22. The third-order valence-electron chi connectivity index (χ3n) is 9.74. The van der Waals surface area contributed by atoms with Crippen molar-refractivity contribution in [2.24, 2.45) is 0 Å². The summed E-state index contributed by atoms with van der Waals surface area (Å²) in [5, 5.41) is 128. The Balaban J connectivity index is 1.29. The minimum absolute atomic E-state index is 0.127. The van der Waals surface area contributed by atoms with Crippen LogP contribution < -0.4 is 10.6 Å². The van der Waals surface area contributed by atoms with Crippen molar-refractivity contribution in [2.75, 3.05) is 52.9 Å². The van der Waals surface area contributed by atoms with Crippen molar-refractivity contribution in [3.63, 3.8) is 0 Å². The molecule has 0 spiro atoms. The molecule has 20 atom stereocenters. The molecule has 57 heavy (non-hydrogen) atoms. The van der Waals surface area contributed by atoms with Crippen LogP contribution in [0.2, 0.25) is 0 Å². The van der Waals surface area contributed by atoms with E-state index in [9.17, 15) is 70.9 Å². The molecule has 4 saturated heterocycles. The Morgan fingerprint density at radius 3 is 1.11 bits per heavy atom. The van der Waals surface area contributed by atoms with Gasteiger partial charge in [0.05, 0.1) is 52.9 Å². The van der Waals surface area contributed by atoms with E-state index in [1.807, 2.05) is 0 Å². The first-order valence-electron chi connectivity index (χ1n) is 18.2. The smallest absolute Gasteiger partial charge is 0.217 e. The number of hydrogen-bond donors (Lipinski definition) is 14. The maximum atomic E-state index is 12.0. The molecular formula is C32H56N2O23. The Hall–Kier alpha value is -1.90. The molecule has 0 radical (unpaired) electrons. The maximum absolute atomic E-state index is 12.0. The second-order valence-electron chi connectivity index (χ2n) is 13.8. The molecule has 0 bridgehead atoms. The fourth-order valence-electron chi connectivity index (χ4n) is 6.75. The van der Waals surface area contributed by atoms with Gasteiger partial charge in [-0.2, -0.15) is 0 Å². The van der Waals surface area contributed by atoms with Crippen LogP contribution in [0, 0.1) is 0 Å². The molecule has 0 unspecified atom stereocenters. The second-order valence-corrected chi connectivity index (χ2v) is 13.8. The summed E-state index contributed by atoms with van der Waals surface area (Å²) in [5.41, 5.74) is 0. The van der Waals surface area contributed by atoms with Crippen LogP contribution in [-0.4, -0.2) is 249 Å². The molecular weight excluding hydrogens is 780 g/mol. The SMILES string of the molecule is CC(=O)N[C@@H]1[C@H](OCCOCCO[C@@H]2O[C@H](CO)[C@@H](O[C@@H]3O[C@H](CO)[C@H](O)[C@H](O)[C@H]3O)[C@H](O)[C@@H]2NC(C)=O)O[C@H](CO)[C@@H](O[C@@H]2O[C@H](CO)[C@H](O)[C@H](O)[C@H]2O)[C@@H]1O. The molecule has 4 aliphatic rings. The van der Waals surface area contributed by atoms with E-state index in [0.717, 1.165) is 13.8 Å². The van der Waals surface area contributed by atoms with Crippen molar-refractivity contribution in [2.45, 2.75) is 137 Å². The first kappa shape index (κ1) is 47.8. The molecule has 0 aromatic heterocycles. The minimum atomic E-state index is -1.83. The lowest BCUT2D eigenvalue weighted by Crippen LogP contribution is -2.67. The second kappa shape index (κ2) is 22.1. The summed E-state index contributed by atoms with van der Waals surface area (Å²) in [4.78, 5) is 24.0. The van der Waals surface area contributed by atoms with Crippen molar-refractivity contribution in [3.8, 4) is 0 Å². The van der Waals surface area contributed by atoms with Crippen LogP contribution in [0.3, 0.4) is 0 Å². The Morgan fingerprint density at radius 1 is 0.456 bits per heavy atom. The largest absolute Gasteiger partial charge is 0.394 e. The van der Waals surface area contributed by atoms with E-state index in [1.54, 1.807) is 0 Å². The van der Waals surface area contributed by atoms with Gasteiger partial charge in [0.2, 0.25) is 11.8 Å². The highest BCUT2D eigenvalue weighted by atomic mass is 16.8. The Kier molecular flexibility index (Phi) is 18.5. The van der Waals surface area contributed by atoms with E-state index >= 15 is 0 Å². The highest BCUT2D eigenvalue weighted by molar-refractivity contribution is 5.73. The van der Waals surface area contributed by atoms with Gasteiger partial charge in [0.1, 0.15) is 97.5 Å². The zero-order valence-corrected chi connectivity index (χ0v) is 31.1. The summed E-state index contributed by atoms with van der Waals surface area (Å²) in [6, 6.07) is -2.62. The van der Waals surface area contributed by atoms with Gasteiger partial charge in [-0.1, -0.05) is 0 Å². The molecule has 4 aliphatic heterocycles. The van der Waals surface area contributed by atoms with Gasteiger partial charge in [-0.15, -0.1) is 0 Å². The van der Waals surface area contributed by atoms with Gasteiger partial charge >= 0.3 is 0 Å². The molecule has 25 heteroatoms. The number of rotatable bonds is 18. The van der Waals surface area contributed by atoms with Crippen molar-refractivity contribution in [3.05, 3.63) is 0 Å². The Bertz CT molecular complexity index is 1150. The molecule has 332 valence electrons. The molecule has 0 aromatic carbocycles. The molecule has 0 saturated carbocycles. The molecule has 4 heterocycles. The van der Waals surface area contributed by atoms with Crippen LogP contribution >= 0.6 is 0 Å². The lowest BCUT2D eigenvalue weighted by atomic mass is 9.95. The van der Waals surface area contributed by atoms with Gasteiger partial charge in [-0.05, 0) is 0 Å². The highest BCUT2D eigenvalue weighted by Gasteiger charge is 2.53. The molecule has 0 aromatic rings. The summed E-state index contributed by atoms with van der Waals surface area (Å²) in [6.45, 7) is -1.37. The molecule has 4 fully saturated rings. The van der Waals surface area contributed by atoms with Gasteiger partial charge in [0.15, 0.2) is 25.2 Å². The van der Waals surface area contributed by atoms with Gasteiger partial charge in [0.25, 0.3) is 0 Å². The van der Waals surface area contributed by atoms with Gasteiger partial charge in [0, 0.05) is 13.8 Å². The van der Waals surface area contributed by atoms with Crippen molar-refractivity contribution < 1.29 is 113 Å². The van der Waals surface area contributed by atoms with E-state index < -0.39 is 161 Å². The van der Waals surface area contributed by atoms with Crippen molar-refractivity contribution >= 4 is 11.8 Å². The van der Waals surface area contributed by atoms with Crippen LogP contribution in [0.4, 0.5) is 0 Å². The fraction of sp³-hybridized carbons (Fsp3) is 0.938. The van der Waals surface area contributed by atoms with Crippen LogP contribution in [0.25, 0.3) is 0 Å². The standard InChI is InChI=1S/C32H56N2O23/c1-11(39)33-17-21(43)27(56-31-25(47)23(45)19(41)13(7-35)52-31)15(9-37)54-29(17)50-5-3-49-4-6-51-30-18(34-12(2)40)22(44)28(16(10-38)55-30)57-32-26(48)24(46)20(42)14(8-36)53-32/h13-32,35-38,41-48H,3-10H2,1-2H3,(H,33,39)(H,34,40)/t13-,14-,15-,16-,17+,18+,19+,20+,21-,22-,23+,24+,25-,26-,27-,28-,29-,30-,31+,32+/m1/s1. The van der Waals surface area contributed by atoms with E-state index in [-0.39, 0.29) is 26.4 Å². The lowest BCUT2D eigenvalue weighted by molar-refractivity contribution is -0.349. The first-order chi connectivity index (χ1) is 27.1. The Morgan fingerprint density at radius 2 is 0.789 bits per heavy atom. The van der Waals surface area contributed by atoms with Gasteiger partial charge < -0.3 is 115 Å². The average Bonchev–Trinajstić information content (AvgIpc) is 3.18. The summed E-state index contributed by atoms with van der Waals surface area (Å²) < 4.78 is 50.4. The zero-order chi connectivity index (χ0) is 42.1. The minimum Gasteiger partial charge on any atom is -0.394 e. The molecule has 0 aliphatic carbocycles. The highest BCUT2D eigenvalue weighted by Crippen LogP contribution is 2.31. The number of ether oxygens (including phenoxy) is 9. The molecule has 4 rings (SSSR count). The predicted molar refractivity (Wildman–Crippen MR) is 179 cm³/mol. The quantitative estimate of drug-likeness (QED) is 0.0570. The number of amides is 2.